The number of phosphoric acid groups is 2. The van der Waals surface area contributed by atoms with Gasteiger partial charge in [-0.15, -0.1) is 0 Å². The third kappa shape index (κ3) is 68.6. The molecule has 0 saturated heterocycles. The van der Waals surface area contributed by atoms with Crippen molar-refractivity contribution in [2.45, 2.75) is 407 Å². The van der Waals surface area contributed by atoms with Gasteiger partial charge in [0.2, 0.25) is 0 Å². The second kappa shape index (κ2) is 66.9. The minimum absolute atomic E-state index is 0.105. The molecule has 0 rings (SSSR count). The number of rotatable bonds is 74. The second-order valence-electron chi connectivity index (χ2n) is 28.0. The molecule has 0 spiro atoms. The van der Waals surface area contributed by atoms with E-state index in [1.165, 1.54) is 199 Å². The lowest BCUT2D eigenvalue weighted by Crippen LogP contribution is -2.30. The zero-order valence-corrected chi connectivity index (χ0v) is 63.1. The van der Waals surface area contributed by atoms with Crippen LogP contribution in [0.1, 0.15) is 388 Å². The molecule has 558 valence electrons. The number of unbranched alkanes of at least 4 members (excludes halogenated alkanes) is 44. The highest BCUT2D eigenvalue weighted by molar-refractivity contribution is 7.47. The fraction of sp³-hybridized carbons (Fsp3) is 0.947. The minimum Gasteiger partial charge on any atom is -0.462 e. The third-order valence-electron chi connectivity index (χ3n) is 17.5. The Balaban J connectivity index is 5.20. The van der Waals surface area contributed by atoms with E-state index in [4.69, 9.17) is 37.0 Å². The highest BCUT2D eigenvalue weighted by Crippen LogP contribution is 2.45. The number of esters is 4. The maximum absolute atomic E-state index is 13.1. The van der Waals surface area contributed by atoms with Crippen molar-refractivity contribution < 1.29 is 80.2 Å². The van der Waals surface area contributed by atoms with Crippen LogP contribution >= 0.6 is 15.6 Å². The van der Waals surface area contributed by atoms with Crippen molar-refractivity contribution in [2.75, 3.05) is 39.6 Å². The summed E-state index contributed by atoms with van der Waals surface area (Å²) in [6, 6.07) is 0. The van der Waals surface area contributed by atoms with Gasteiger partial charge < -0.3 is 33.8 Å². The van der Waals surface area contributed by atoms with Crippen LogP contribution in [0.15, 0.2) is 0 Å². The first kappa shape index (κ1) is 92.1. The predicted molar refractivity (Wildman–Crippen MR) is 381 cm³/mol. The third-order valence-corrected chi connectivity index (χ3v) is 19.4. The van der Waals surface area contributed by atoms with Crippen LogP contribution in [0.3, 0.4) is 0 Å². The Hall–Kier alpha value is -1.94. The number of carbonyl (C=O) groups excluding carboxylic acids is 4. The van der Waals surface area contributed by atoms with E-state index in [1.807, 2.05) is 0 Å². The first-order chi connectivity index (χ1) is 45.4. The van der Waals surface area contributed by atoms with Crippen molar-refractivity contribution in [3.63, 3.8) is 0 Å². The van der Waals surface area contributed by atoms with Crippen LogP contribution in [0.4, 0.5) is 0 Å². The van der Waals surface area contributed by atoms with Crippen LogP contribution in [-0.2, 0) is 65.4 Å². The fourth-order valence-electron chi connectivity index (χ4n) is 11.5. The summed E-state index contributed by atoms with van der Waals surface area (Å²) in [5, 5.41) is 10.6. The Morgan fingerprint density at radius 3 is 0.723 bits per heavy atom. The Labute approximate surface area is 575 Å². The first-order valence-corrected chi connectivity index (χ1v) is 42.0. The summed E-state index contributed by atoms with van der Waals surface area (Å²) in [7, 11) is -9.91. The number of phosphoric ester groups is 2. The van der Waals surface area contributed by atoms with E-state index in [1.54, 1.807) is 0 Å². The van der Waals surface area contributed by atoms with E-state index in [0.29, 0.717) is 31.6 Å². The van der Waals surface area contributed by atoms with Crippen LogP contribution in [-0.4, -0.2) is 96.7 Å². The molecule has 5 atom stereocenters. The van der Waals surface area contributed by atoms with E-state index < -0.39 is 97.5 Å². The van der Waals surface area contributed by atoms with Crippen molar-refractivity contribution in [3.8, 4) is 0 Å². The number of aliphatic hydroxyl groups is 1. The maximum Gasteiger partial charge on any atom is 0.472 e. The van der Waals surface area contributed by atoms with Gasteiger partial charge in [-0.1, -0.05) is 337 Å². The van der Waals surface area contributed by atoms with Gasteiger partial charge in [0.15, 0.2) is 12.2 Å². The number of aliphatic hydroxyl groups excluding tert-OH is 1. The van der Waals surface area contributed by atoms with Crippen molar-refractivity contribution in [2.24, 2.45) is 11.8 Å². The molecule has 0 heterocycles. The van der Waals surface area contributed by atoms with Gasteiger partial charge in [-0.2, -0.15) is 0 Å². The van der Waals surface area contributed by atoms with Crippen molar-refractivity contribution in [1.82, 2.24) is 0 Å². The molecule has 0 bridgehead atoms. The summed E-state index contributed by atoms with van der Waals surface area (Å²) in [5.41, 5.74) is 0. The maximum atomic E-state index is 13.1. The van der Waals surface area contributed by atoms with Crippen LogP contribution in [0.25, 0.3) is 0 Å². The summed E-state index contributed by atoms with van der Waals surface area (Å²) in [4.78, 5) is 72.7. The highest BCUT2D eigenvalue weighted by atomic mass is 31.2. The van der Waals surface area contributed by atoms with Crippen molar-refractivity contribution >= 4 is 39.5 Å². The Morgan fingerprint density at radius 2 is 0.489 bits per heavy atom. The number of ether oxygens (including phenoxy) is 4. The molecule has 3 N–H and O–H groups in total. The predicted octanol–water partition coefficient (Wildman–Crippen LogP) is 21.9. The Bertz CT molecular complexity index is 1820. The second-order valence-corrected chi connectivity index (χ2v) is 30.9. The quantitative estimate of drug-likeness (QED) is 0.0222. The van der Waals surface area contributed by atoms with Crippen LogP contribution in [0, 0.1) is 11.8 Å². The van der Waals surface area contributed by atoms with Gasteiger partial charge in [0.1, 0.15) is 19.3 Å². The molecule has 0 radical (unpaired) electrons. The minimum atomic E-state index is -4.96. The zero-order chi connectivity index (χ0) is 69.3. The van der Waals surface area contributed by atoms with Gasteiger partial charge in [-0.3, -0.25) is 37.3 Å². The van der Waals surface area contributed by atoms with E-state index in [9.17, 15) is 43.2 Å². The first-order valence-electron chi connectivity index (χ1n) is 39.0. The van der Waals surface area contributed by atoms with Crippen molar-refractivity contribution in [1.29, 1.82) is 0 Å². The molecule has 0 aliphatic rings. The van der Waals surface area contributed by atoms with Gasteiger partial charge in [-0.25, -0.2) is 9.13 Å². The van der Waals surface area contributed by atoms with E-state index in [-0.39, 0.29) is 25.7 Å². The van der Waals surface area contributed by atoms with Crippen molar-refractivity contribution in [3.05, 3.63) is 0 Å². The summed E-state index contributed by atoms with van der Waals surface area (Å²) >= 11 is 0. The van der Waals surface area contributed by atoms with Gasteiger partial charge in [0.25, 0.3) is 0 Å². The monoisotopic (exact) mass is 1380 g/mol. The number of carbonyl (C=O) groups is 4. The summed E-state index contributed by atoms with van der Waals surface area (Å²) in [5.74, 6) is -0.648. The Morgan fingerprint density at radius 1 is 0.287 bits per heavy atom. The normalized spacial score (nSPS) is 14.0. The smallest absolute Gasteiger partial charge is 0.462 e. The molecule has 0 fully saturated rings. The summed E-state index contributed by atoms with van der Waals surface area (Å²) in [6.07, 6.45) is 54.3. The molecular formula is C75H146O17P2. The molecule has 17 nitrogen and oxygen atoms in total. The zero-order valence-electron chi connectivity index (χ0n) is 61.3. The summed E-state index contributed by atoms with van der Waals surface area (Å²) < 4.78 is 68.4. The van der Waals surface area contributed by atoms with E-state index >= 15 is 0 Å². The van der Waals surface area contributed by atoms with Gasteiger partial charge >= 0.3 is 39.5 Å². The van der Waals surface area contributed by atoms with Crippen LogP contribution in [0.2, 0.25) is 0 Å². The van der Waals surface area contributed by atoms with Crippen LogP contribution in [0.5, 0.6) is 0 Å². The molecule has 2 unspecified atom stereocenters. The average Bonchev–Trinajstić information content (AvgIpc) is 1.15. The number of hydrogen-bond acceptors (Lipinski definition) is 15. The largest absolute Gasteiger partial charge is 0.472 e. The molecule has 0 aromatic heterocycles. The highest BCUT2D eigenvalue weighted by Gasteiger charge is 2.30. The van der Waals surface area contributed by atoms with E-state index in [0.717, 1.165) is 102 Å². The lowest BCUT2D eigenvalue weighted by atomic mass is 10.0. The Kier molecular flexibility index (Phi) is 65.5. The lowest BCUT2D eigenvalue weighted by molar-refractivity contribution is -0.161. The SMILES string of the molecule is CCCCCCCCCCCCCCCCCCCCCC(=O)O[C@H](COC(=O)CCCCCCCCCCCCCCCC(C)C)COP(=O)(O)OC[C@@H](O)COP(=O)(O)OC[C@@H](COC(=O)CCCCCCCCC(C)C)OC(=O)CCCCCCCCCCCC. The molecule has 0 aliphatic carbocycles. The fourth-order valence-corrected chi connectivity index (χ4v) is 13.1. The molecule has 0 aromatic rings. The molecular weight excluding hydrogens is 1230 g/mol. The molecule has 0 amide bonds. The lowest BCUT2D eigenvalue weighted by Gasteiger charge is -2.21. The molecule has 94 heavy (non-hydrogen) atoms. The van der Waals surface area contributed by atoms with Gasteiger partial charge in [0, 0.05) is 25.7 Å². The molecule has 0 aliphatic heterocycles. The molecule has 19 heteroatoms. The average molecular weight is 1380 g/mol. The standard InChI is InChI=1S/C75H146O17P2/c1-7-9-11-13-15-17-19-20-21-22-23-24-25-28-32-36-40-48-54-60-75(80)91-70(63-85-72(77)57-51-45-38-35-31-29-26-27-30-33-37-43-49-55-67(3)4)65-89-93(81,82)87-61-69(76)62-88-94(83,84)90-66-71(64-86-73(78)58-52-46-42-41-44-50-56-68(5)6)92-74(79)59-53-47-39-34-18-16-14-12-10-8-2/h67-71,76H,7-66H2,1-6H3,(H,81,82)(H,83,84)/t69-,70-,71-/m1/s1. The molecule has 0 saturated carbocycles. The topological polar surface area (TPSA) is 237 Å². The van der Waals surface area contributed by atoms with Crippen LogP contribution < -0.4 is 0 Å². The van der Waals surface area contributed by atoms with E-state index in [2.05, 4.69) is 41.5 Å². The van der Waals surface area contributed by atoms with Gasteiger partial charge in [0.05, 0.1) is 26.4 Å². The summed E-state index contributed by atoms with van der Waals surface area (Å²) in [6.45, 7) is 9.51. The molecule has 0 aromatic carbocycles. The van der Waals surface area contributed by atoms with Gasteiger partial charge in [-0.05, 0) is 37.5 Å². The number of hydrogen-bond donors (Lipinski definition) is 3.